The lowest BCUT2D eigenvalue weighted by atomic mass is 9.84. The number of hydrogen-bond donors (Lipinski definition) is 0. The Hall–Kier alpha value is -1.48. The molecule has 0 amide bonds. The quantitative estimate of drug-likeness (QED) is 0.707. The van der Waals surface area contributed by atoms with Gasteiger partial charge in [0.2, 0.25) is 0 Å². The number of rotatable bonds is 6. The first-order valence-corrected chi connectivity index (χ1v) is 6.27. The summed E-state index contributed by atoms with van der Waals surface area (Å²) in [5, 5.41) is 17.6. The van der Waals surface area contributed by atoms with Gasteiger partial charge >= 0.3 is 5.51 Å². The Morgan fingerprint density at radius 3 is 2.05 bits per heavy atom. The number of nitriles is 2. The van der Waals surface area contributed by atoms with Crippen LogP contribution in [0.25, 0.3) is 0 Å². The van der Waals surface area contributed by atoms with Crippen molar-refractivity contribution in [1.29, 1.82) is 10.5 Å². The molecule has 0 aliphatic carbocycles. The fourth-order valence-electron chi connectivity index (χ4n) is 1.18. The van der Waals surface area contributed by atoms with Crippen LogP contribution in [0, 0.1) is 28.1 Å². The average molecular weight is 300 g/mol. The monoisotopic (exact) mass is 300 g/mol. The van der Waals surface area contributed by atoms with Crippen molar-refractivity contribution in [2.75, 3.05) is 5.75 Å². The highest BCUT2D eigenvalue weighted by Crippen LogP contribution is 2.30. The predicted molar refractivity (Wildman–Crippen MR) is 56.9 cm³/mol. The molecule has 0 aromatic heterocycles. The molecule has 0 spiro atoms. The van der Waals surface area contributed by atoms with E-state index in [0.29, 0.717) is 6.08 Å². The first kappa shape index (κ1) is 17.5. The van der Waals surface area contributed by atoms with E-state index in [4.69, 9.17) is 10.5 Å². The van der Waals surface area contributed by atoms with Crippen molar-refractivity contribution in [2.24, 2.45) is 5.41 Å². The van der Waals surface area contributed by atoms with Crippen molar-refractivity contribution in [3.63, 3.8) is 0 Å². The normalized spacial score (nSPS) is 13.2. The highest BCUT2D eigenvalue weighted by Gasteiger charge is 2.39. The lowest BCUT2D eigenvalue weighted by Crippen LogP contribution is -2.25. The molecule has 3 nitrogen and oxygen atoms in total. The molecule has 0 rings (SSSR count). The van der Waals surface area contributed by atoms with Crippen LogP contribution in [0.15, 0.2) is 12.2 Å². The van der Waals surface area contributed by atoms with Crippen LogP contribution in [-0.4, -0.2) is 15.5 Å². The molecular formula is C10H9F5N2OS. The summed E-state index contributed by atoms with van der Waals surface area (Å²) in [5.41, 5.74) is -6.76. The van der Waals surface area contributed by atoms with Crippen molar-refractivity contribution >= 4 is 10.8 Å². The minimum absolute atomic E-state index is 0.317. The second-order valence-corrected chi connectivity index (χ2v) is 5.15. The molecule has 1 unspecified atom stereocenters. The number of alkyl halides is 3. The van der Waals surface area contributed by atoms with Gasteiger partial charge in [-0.15, -0.1) is 0 Å². The van der Waals surface area contributed by atoms with E-state index in [1.165, 1.54) is 12.1 Å². The minimum Gasteiger partial charge on any atom is -0.251 e. The van der Waals surface area contributed by atoms with E-state index in [1.807, 2.05) is 0 Å². The zero-order chi connectivity index (χ0) is 15.1. The van der Waals surface area contributed by atoms with Crippen LogP contribution in [0.1, 0.15) is 19.3 Å². The van der Waals surface area contributed by atoms with Gasteiger partial charge in [0.05, 0.1) is 12.1 Å². The molecule has 0 heterocycles. The Labute approximate surface area is 108 Å². The second kappa shape index (κ2) is 7.19. The van der Waals surface area contributed by atoms with Crippen molar-refractivity contribution in [3.05, 3.63) is 12.2 Å². The SMILES string of the molecule is N#CC(C#N)(CCC=C(F)F)CCS(=O)C(F)(F)F. The summed E-state index contributed by atoms with van der Waals surface area (Å²) in [6, 6.07) is 3.02. The Balaban J connectivity index is 4.67. The smallest absolute Gasteiger partial charge is 0.251 e. The fraction of sp³-hybridized carbons (Fsp3) is 0.600. The van der Waals surface area contributed by atoms with Gasteiger partial charge in [-0.05, 0) is 25.3 Å². The van der Waals surface area contributed by atoms with E-state index in [-0.39, 0.29) is 12.8 Å². The summed E-state index contributed by atoms with van der Waals surface area (Å²) in [4.78, 5) is 0. The van der Waals surface area contributed by atoms with E-state index in [2.05, 4.69) is 0 Å². The van der Waals surface area contributed by atoms with Crippen molar-refractivity contribution in [1.82, 2.24) is 0 Å². The lowest BCUT2D eigenvalue weighted by molar-refractivity contribution is -0.0385. The number of halogens is 5. The summed E-state index contributed by atoms with van der Waals surface area (Å²) in [5.74, 6) is -0.910. The summed E-state index contributed by atoms with van der Waals surface area (Å²) in [6.45, 7) is 0. The van der Waals surface area contributed by atoms with Crippen LogP contribution in [0.5, 0.6) is 0 Å². The Bertz CT molecular complexity index is 428. The van der Waals surface area contributed by atoms with Crippen LogP contribution in [0.3, 0.4) is 0 Å². The van der Waals surface area contributed by atoms with Gasteiger partial charge in [-0.2, -0.15) is 32.5 Å². The lowest BCUT2D eigenvalue weighted by Gasteiger charge is -2.17. The molecule has 0 aliphatic heterocycles. The van der Waals surface area contributed by atoms with Gasteiger partial charge in [0.1, 0.15) is 16.2 Å². The molecule has 0 aromatic carbocycles. The van der Waals surface area contributed by atoms with Gasteiger partial charge in [0, 0.05) is 5.75 Å². The number of nitrogens with zero attached hydrogens (tertiary/aromatic N) is 2. The van der Waals surface area contributed by atoms with E-state index in [9.17, 15) is 26.2 Å². The van der Waals surface area contributed by atoms with Gasteiger partial charge in [-0.1, -0.05) is 0 Å². The highest BCUT2D eigenvalue weighted by atomic mass is 32.2. The molecule has 0 saturated heterocycles. The van der Waals surface area contributed by atoms with Gasteiger partial charge < -0.3 is 0 Å². The van der Waals surface area contributed by atoms with Crippen LogP contribution >= 0.6 is 0 Å². The zero-order valence-corrected chi connectivity index (χ0v) is 10.3. The summed E-state index contributed by atoms with van der Waals surface area (Å²) in [6.07, 6.45) is -2.77. The maximum atomic E-state index is 12.0. The van der Waals surface area contributed by atoms with Crippen LogP contribution in [0.2, 0.25) is 0 Å². The zero-order valence-electron chi connectivity index (χ0n) is 9.51. The van der Waals surface area contributed by atoms with Crippen molar-refractivity contribution < 1.29 is 26.2 Å². The van der Waals surface area contributed by atoms with Gasteiger partial charge in [0.15, 0.2) is 0 Å². The molecule has 19 heavy (non-hydrogen) atoms. The van der Waals surface area contributed by atoms with E-state index in [0.717, 1.165) is 0 Å². The van der Waals surface area contributed by atoms with Crippen LogP contribution < -0.4 is 0 Å². The summed E-state index contributed by atoms with van der Waals surface area (Å²) >= 11 is 0. The molecule has 0 fully saturated rings. The summed E-state index contributed by atoms with van der Waals surface area (Å²) < 4.78 is 70.4. The third kappa shape index (κ3) is 6.30. The molecular weight excluding hydrogens is 291 g/mol. The second-order valence-electron chi connectivity index (χ2n) is 3.58. The molecule has 0 aliphatic rings. The third-order valence-electron chi connectivity index (χ3n) is 2.27. The first-order valence-electron chi connectivity index (χ1n) is 4.96. The standard InChI is InChI=1S/C10H9F5N2OS/c11-8(12)2-1-3-9(6-16,7-17)4-5-19(18)10(13,14)15/h2H,1,3-5H2. The maximum Gasteiger partial charge on any atom is 0.471 e. The van der Waals surface area contributed by atoms with Crippen LogP contribution in [-0.2, 0) is 10.8 Å². The Morgan fingerprint density at radius 1 is 1.16 bits per heavy atom. The molecule has 0 saturated carbocycles. The van der Waals surface area contributed by atoms with E-state index in [1.54, 1.807) is 0 Å². The average Bonchev–Trinajstić information content (AvgIpc) is 2.31. The van der Waals surface area contributed by atoms with Gasteiger partial charge in [0.25, 0.3) is 6.08 Å². The van der Waals surface area contributed by atoms with Crippen LogP contribution in [0.4, 0.5) is 22.0 Å². The highest BCUT2D eigenvalue weighted by molar-refractivity contribution is 7.85. The Morgan fingerprint density at radius 2 is 1.68 bits per heavy atom. The number of allylic oxidation sites excluding steroid dienone is 1. The molecule has 0 aromatic rings. The molecule has 9 heteroatoms. The van der Waals surface area contributed by atoms with Crippen molar-refractivity contribution in [3.8, 4) is 12.1 Å². The Kier molecular flexibility index (Phi) is 6.63. The molecule has 0 bridgehead atoms. The largest absolute Gasteiger partial charge is 0.471 e. The fourth-order valence-corrected chi connectivity index (χ4v) is 1.95. The van der Waals surface area contributed by atoms with Gasteiger partial charge in [-0.3, -0.25) is 4.21 Å². The summed E-state index contributed by atoms with van der Waals surface area (Å²) in [7, 11) is -3.17. The molecule has 106 valence electrons. The first-order chi connectivity index (χ1) is 8.67. The van der Waals surface area contributed by atoms with Gasteiger partial charge in [-0.25, -0.2) is 0 Å². The molecule has 1 atom stereocenters. The third-order valence-corrected chi connectivity index (χ3v) is 3.36. The van der Waals surface area contributed by atoms with Crippen molar-refractivity contribution in [2.45, 2.75) is 24.8 Å². The predicted octanol–water partition coefficient (Wildman–Crippen LogP) is 3.24. The topological polar surface area (TPSA) is 64.7 Å². The molecule has 0 radical (unpaired) electrons. The minimum atomic E-state index is -4.92. The number of hydrogen-bond acceptors (Lipinski definition) is 3. The molecule has 0 N–H and O–H groups in total. The van der Waals surface area contributed by atoms with E-state index >= 15 is 0 Å². The van der Waals surface area contributed by atoms with E-state index < -0.39 is 40.0 Å². The maximum absolute atomic E-state index is 12.0.